The fourth-order valence-corrected chi connectivity index (χ4v) is 2.32. The molecule has 0 radical (unpaired) electrons. The Balaban J connectivity index is 1.89. The first-order valence-corrected chi connectivity index (χ1v) is 7.12. The standard InChI is InChI=1S/C17H19NO3/c19-16(12-14-4-2-1-3-5-14)18-15-9-6-13(7-10-15)8-11-17(20)21/h4,6-11H,1-3,5,12H2,(H,18,19)(H,20,21). The van der Waals surface area contributed by atoms with Crippen molar-refractivity contribution in [1.82, 2.24) is 0 Å². The summed E-state index contributed by atoms with van der Waals surface area (Å²) < 4.78 is 0. The van der Waals surface area contributed by atoms with Gasteiger partial charge in [-0.25, -0.2) is 4.79 Å². The van der Waals surface area contributed by atoms with Gasteiger partial charge in [0.05, 0.1) is 0 Å². The summed E-state index contributed by atoms with van der Waals surface area (Å²) in [6, 6.07) is 7.09. The molecule has 1 aromatic carbocycles. The van der Waals surface area contributed by atoms with E-state index in [1.165, 1.54) is 24.5 Å². The van der Waals surface area contributed by atoms with Crippen LogP contribution in [0.1, 0.15) is 37.7 Å². The molecular formula is C17H19NO3. The second-order valence-electron chi connectivity index (χ2n) is 5.13. The van der Waals surface area contributed by atoms with Crippen molar-refractivity contribution in [2.24, 2.45) is 0 Å². The van der Waals surface area contributed by atoms with Gasteiger partial charge >= 0.3 is 5.97 Å². The third-order valence-corrected chi connectivity index (χ3v) is 3.39. The van der Waals surface area contributed by atoms with E-state index in [1.807, 2.05) is 0 Å². The summed E-state index contributed by atoms with van der Waals surface area (Å²) in [7, 11) is 0. The minimum Gasteiger partial charge on any atom is -0.478 e. The van der Waals surface area contributed by atoms with Crippen LogP contribution < -0.4 is 5.32 Å². The number of carboxylic acids is 1. The van der Waals surface area contributed by atoms with Crippen molar-refractivity contribution in [3.05, 3.63) is 47.6 Å². The largest absolute Gasteiger partial charge is 0.478 e. The number of benzene rings is 1. The maximum Gasteiger partial charge on any atom is 0.328 e. The Hall–Kier alpha value is -2.36. The summed E-state index contributed by atoms with van der Waals surface area (Å²) in [5.41, 5.74) is 2.73. The molecule has 21 heavy (non-hydrogen) atoms. The van der Waals surface area contributed by atoms with Crippen LogP contribution in [0.15, 0.2) is 42.0 Å². The fraction of sp³-hybridized carbons (Fsp3) is 0.294. The van der Waals surface area contributed by atoms with Crippen molar-refractivity contribution >= 4 is 23.6 Å². The van der Waals surface area contributed by atoms with Gasteiger partial charge in [-0.1, -0.05) is 23.8 Å². The van der Waals surface area contributed by atoms with Crippen LogP contribution in [0.5, 0.6) is 0 Å². The van der Waals surface area contributed by atoms with Gasteiger partial charge in [-0.3, -0.25) is 4.79 Å². The van der Waals surface area contributed by atoms with Gasteiger partial charge in [0, 0.05) is 18.2 Å². The summed E-state index contributed by atoms with van der Waals surface area (Å²) in [5, 5.41) is 11.4. The van der Waals surface area contributed by atoms with Crippen LogP contribution in [0.25, 0.3) is 6.08 Å². The normalized spacial score (nSPS) is 14.8. The molecule has 0 aromatic heterocycles. The number of nitrogens with one attached hydrogen (secondary N) is 1. The minimum absolute atomic E-state index is 0.00280. The number of hydrogen-bond donors (Lipinski definition) is 2. The maximum absolute atomic E-state index is 11.9. The summed E-state index contributed by atoms with van der Waals surface area (Å²) in [5.74, 6) is -0.981. The smallest absolute Gasteiger partial charge is 0.328 e. The van der Waals surface area contributed by atoms with Crippen LogP contribution in [0.2, 0.25) is 0 Å². The number of carbonyl (C=O) groups excluding carboxylic acids is 1. The molecule has 0 spiro atoms. The molecule has 2 N–H and O–H groups in total. The van der Waals surface area contributed by atoms with Crippen LogP contribution in [0.3, 0.4) is 0 Å². The van der Waals surface area contributed by atoms with Gasteiger partial charge in [0.1, 0.15) is 0 Å². The zero-order valence-corrected chi connectivity index (χ0v) is 11.8. The van der Waals surface area contributed by atoms with Crippen LogP contribution in [-0.2, 0) is 9.59 Å². The molecule has 110 valence electrons. The highest BCUT2D eigenvalue weighted by molar-refractivity contribution is 5.92. The maximum atomic E-state index is 11.9. The van der Waals surface area contributed by atoms with Gasteiger partial charge in [-0.2, -0.15) is 0 Å². The van der Waals surface area contributed by atoms with E-state index in [0.29, 0.717) is 6.42 Å². The van der Waals surface area contributed by atoms with Crippen molar-refractivity contribution in [3.8, 4) is 0 Å². The summed E-state index contributed by atoms with van der Waals surface area (Å²) in [6.45, 7) is 0. The molecule has 1 aromatic rings. The van der Waals surface area contributed by atoms with Gasteiger partial charge in [0.2, 0.25) is 5.91 Å². The van der Waals surface area contributed by atoms with E-state index in [1.54, 1.807) is 24.3 Å². The Kier molecular flexibility index (Phi) is 5.32. The fourth-order valence-electron chi connectivity index (χ4n) is 2.32. The molecule has 0 saturated heterocycles. The van der Waals surface area contributed by atoms with Crippen molar-refractivity contribution in [2.45, 2.75) is 32.1 Å². The van der Waals surface area contributed by atoms with Gasteiger partial charge in [-0.15, -0.1) is 0 Å². The monoisotopic (exact) mass is 285 g/mol. The lowest BCUT2D eigenvalue weighted by Gasteiger charge is -2.12. The molecule has 1 aliphatic rings. The number of allylic oxidation sites excluding steroid dienone is 1. The Bertz CT molecular complexity index is 570. The average molecular weight is 285 g/mol. The Morgan fingerprint density at radius 3 is 2.57 bits per heavy atom. The predicted molar refractivity (Wildman–Crippen MR) is 82.9 cm³/mol. The molecule has 0 unspecified atom stereocenters. The average Bonchev–Trinajstić information content (AvgIpc) is 2.47. The molecule has 0 saturated carbocycles. The Morgan fingerprint density at radius 1 is 1.19 bits per heavy atom. The highest BCUT2D eigenvalue weighted by Crippen LogP contribution is 2.20. The number of carbonyl (C=O) groups is 2. The second kappa shape index (κ2) is 7.43. The van der Waals surface area contributed by atoms with E-state index in [9.17, 15) is 9.59 Å². The molecule has 0 atom stereocenters. The van der Waals surface area contributed by atoms with E-state index < -0.39 is 5.97 Å². The topological polar surface area (TPSA) is 66.4 Å². The number of carboxylic acid groups (broad SMARTS) is 1. The first-order valence-electron chi connectivity index (χ1n) is 7.12. The number of rotatable bonds is 5. The van der Waals surface area contributed by atoms with E-state index in [4.69, 9.17) is 5.11 Å². The first kappa shape index (κ1) is 15.0. The van der Waals surface area contributed by atoms with Gasteiger partial charge < -0.3 is 10.4 Å². The van der Waals surface area contributed by atoms with Crippen molar-refractivity contribution in [3.63, 3.8) is 0 Å². The zero-order chi connectivity index (χ0) is 15.1. The number of hydrogen-bond acceptors (Lipinski definition) is 2. The molecule has 2 rings (SSSR count). The number of amides is 1. The summed E-state index contributed by atoms with van der Waals surface area (Å²) in [4.78, 5) is 22.4. The SMILES string of the molecule is O=C(O)C=Cc1ccc(NC(=O)CC2=CCCCC2)cc1. The highest BCUT2D eigenvalue weighted by atomic mass is 16.4. The third-order valence-electron chi connectivity index (χ3n) is 3.39. The Labute approximate surface area is 124 Å². The quantitative estimate of drug-likeness (QED) is 0.641. The van der Waals surface area contributed by atoms with Crippen LogP contribution in [0.4, 0.5) is 5.69 Å². The Morgan fingerprint density at radius 2 is 1.95 bits per heavy atom. The molecule has 0 heterocycles. The molecule has 1 aliphatic carbocycles. The lowest BCUT2D eigenvalue weighted by molar-refractivity contribution is -0.131. The van der Waals surface area contributed by atoms with Crippen molar-refractivity contribution < 1.29 is 14.7 Å². The molecule has 0 aliphatic heterocycles. The van der Waals surface area contributed by atoms with E-state index >= 15 is 0 Å². The zero-order valence-electron chi connectivity index (χ0n) is 11.8. The molecular weight excluding hydrogens is 266 g/mol. The lowest BCUT2D eigenvalue weighted by atomic mass is 9.97. The van der Waals surface area contributed by atoms with E-state index in [0.717, 1.165) is 30.2 Å². The summed E-state index contributed by atoms with van der Waals surface area (Å²) in [6.07, 6.45) is 9.72. The van der Waals surface area contributed by atoms with Gasteiger partial charge in [0.15, 0.2) is 0 Å². The molecule has 0 fully saturated rings. The highest BCUT2D eigenvalue weighted by Gasteiger charge is 2.09. The predicted octanol–water partition coefficient (Wildman–Crippen LogP) is 3.61. The van der Waals surface area contributed by atoms with Gasteiger partial charge in [0.25, 0.3) is 0 Å². The van der Waals surface area contributed by atoms with Crippen LogP contribution in [0, 0.1) is 0 Å². The molecule has 0 bridgehead atoms. The van der Waals surface area contributed by atoms with Gasteiger partial charge in [-0.05, 0) is 49.5 Å². The van der Waals surface area contributed by atoms with E-state index in [2.05, 4.69) is 11.4 Å². The molecule has 4 nitrogen and oxygen atoms in total. The first-order chi connectivity index (χ1) is 10.1. The second-order valence-corrected chi connectivity index (χ2v) is 5.13. The minimum atomic E-state index is -0.979. The van der Waals surface area contributed by atoms with Crippen LogP contribution >= 0.6 is 0 Å². The third kappa shape index (κ3) is 5.26. The number of anilines is 1. The summed E-state index contributed by atoms with van der Waals surface area (Å²) >= 11 is 0. The van der Waals surface area contributed by atoms with Crippen molar-refractivity contribution in [1.29, 1.82) is 0 Å². The van der Waals surface area contributed by atoms with E-state index in [-0.39, 0.29) is 5.91 Å². The number of aliphatic carboxylic acids is 1. The lowest BCUT2D eigenvalue weighted by Crippen LogP contribution is -2.12. The molecule has 4 heteroatoms. The molecule has 1 amide bonds. The van der Waals surface area contributed by atoms with Crippen molar-refractivity contribution in [2.75, 3.05) is 5.32 Å². The van der Waals surface area contributed by atoms with Crippen LogP contribution in [-0.4, -0.2) is 17.0 Å².